The zero-order valence-electron chi connectivity index (χ0n) is 15.1. The molecule has 1 aromatic heterocycles. The second-order valence-corrected chi connectivity index (χ2v) is 6.77. The van der Waals surface area contributed by atoms with Crippen LogP contribution >= 0.6 is 11.6 Å². The number of aromatic nitrogens is 1. The molecular weight excluding hydrogens is 417 g/mol. The minimum atomic E-state index is -4.62. The van der Waals surface area contributed by atoms with Crippen LogP contribution < -0.4 is 0 Å². The van der Waals surface area contributed by atoms with Crippen molar-refractivity contribution in [1.82, 2.24) is 4.57 Å². The molecule has 0 saturated carbocycles. The molecule has 3 nitrogen and oxygen atoms in total. The Balaban J connectivity index is 2.15. The van der Waals surface area contributed by atoms with E-state index in [1.165, 1.54) is 28.8 Å². The van der Waals surface area contributed by atoms with Crippen molar-refractivity contribution in [3.8, 4) is 0 Å². The number of rotatable bonds is 5. The van der Waals surface area contributed by atoms with E-state index in [9.17, 15) is 26.7 Å². The molecule has 0 unspecified atom stereocenters. The first-order valence-corrected chi connectivity index (χ1v) is 8.85. The Labute approximate surface area is 167 Å². The molecule has 29 heavy (non-hydrogen) atoms. The molecule has 1 heterocycles. The second kappa shape index (κ2) is 8.02. The maximum absolute atomic E-state index is 14.3. The lowest BCUT2D eigenvalue weighted by molar-refractivity contribution is -0.138. The topological polar surface area (TPSA) is 31.2 Å². The summed E-state index contributed by atoms with van der Waals surface area (Å²) in [5.41, 5.74) is -0.661. The Kier molecular flexibility index (Phi) is 5.84. The highest BCUT2D eigenvalue weighted by Crippen LogP contribution is 2.35. The maximum atomic E-state index is 14.3. The number of alkyl halides is 4. The fraction of sp³-hybridized carbons (Fsp3) is 0.250. The predicted molar refractivity (Wildman–Crippen MR) is 98.5 cm³/mol. The van der Waals surface area contributed by atoms with Gasteiger partial charge in [-0.05, 0) is 35.9 Å². The number of halogens is 6. The van der Waals surface area contributed by atoms with E-state index in [0.717, 1.165) is 19.2 Å². The van der Waals surface area contributed by atoms with Gasteiger partial charge in [0.15, 0.2) is 0 Å². The highest BCUT2D eigenvalue weighted by atomic mass is 35.5. The molecule has 0 saturated heterocycles. The van der Waals surface area contributed by atoms with Crippen molar-refractivity contribution in [2.45, 2.75) is 19.1 Å². The van der Waals surface area contributed by atoms with Crippen LogP contribution in [0.1, 0.15) is 27.2 Å². The molecule has 0 fully saturated rings. The molecule has 0 amide bonds. The van der Waals surface area contributed by atoms with Crippen LogP contribution in [0, 0.1) is 5.82 Å². The van der Waals surface area contributed by atoms with Crippen molar-refractivity contribution < 1.29 is 31.5 Å². The molecule has 0 atom stereocenters. The third kappa shape index (κ3) is 4.22. The SMILES string of the molecule is COC(=O)c1cc2cc(Cc3ccc(Cl)cc3C(F)(F)F)n(CCF)c2cc1F. The summed E-state index contributed by atoms with van der Waals surface area (Å²) in [5.74, 6) is -1.75. The average Bonchev–Trinajstić information content (AvgIpc) is 2.98. The number of aryl methyl sites for hydroxylation is 1. The normalized spacial score (nSPS) is 11.8. The van der Waals surface area contributed by atoms with Crippen LogP contribution in [0.5, 0.6) is 0 Å². The lowest BCUT2D eigenvalue weighted by Gasteiger charge is -2.15. The average molecular weight is 432 g/mol. The van der Waals surface area contributed by atoms with Crippen LogP contribution in [0.15, 0.2) is 36.4 Å². The van der Waals surface area contributed by atoms with E-state index in [1.807, 2.05) is 0 Å². The van der Waals surface area contributed by atoms with E-state index >= 15 is 0 Å². The summed E-state index contributed by atoms with van der Waals surface area (Å²) in [6.45, 7) is -0.977. The number of carbonyl (C=O) groups is 1. The van der Waals surface area contributed by atoms with E-state index in [1.54, 1.807) is 0 Å². The van der Waals surface area contributed by atoms with Gasteiger partial charge in [-0.15, -0.1) is 0 Å². The van der Waals surface area contributed by atoms with Gasteiger partial charge in [0.1, 0.15) is 12.5 Å². The van der Waals surface area contributed by atoms with Gasteiger partial charge in [0, 0.05) is 22.5 Å². The Bertz CT molecular complexity index is 1070. The monoisotopic (exact) mass is 431 g/mol. The van der Waals surface area contributed by atoms with Crippen LogP contribution in [-0.2, 0) is 23.9 Å². The first-order valence-electron chi connectivity index (χ1n) is 8.47. The second-order valence-electron chi connectivity index (χ2n) is 6.33. The fourth-order valence-corrected chi connectivity index (χ4v) is 3.44. The Morgan fingerprint density at radius 2 is 1.90 bits per heavy atom. The minimum Gasteiger partial charge on any atom is -0.465 e. The molecule has 0 aliphatic carbocycles. The number of ether oxygens (including phenoxy) is 1. The molecule has 2 aromatic carbocycles. The van der Waals surface area contributed by atoms with Gasteiger partial charge < -0.3 is 9.30 Å². The summed E-state index contributed by atoms with van der Waals surface area (Å²) in [6, 6.07) is 7.21. The molecule has 0 aliphatic heterocycles. The summed E-state index contributed by atoms with van der Waals surface area (Å²) >= 11 is 5.71. The van der Waals surface area contributed by atoms with Crippen molar-refractivity contribution in [3.05, 3.63) is 69.6 Å². The number of hydrogen-bond acceptors (Lipinski definition) is 2. The zero-order chi connectivity index (χ0) is 21.3. The molecule has 154 valence electrons. The van der Waals surface area contributed by atoms with Gasteiger partial charge in [0.2, 0.25) is 0 Å². The largest absolute Gasteiger partial charge is 0.465 e. The van der Waals surface area contributed by atoms with E-state index in [4.69, 9.17) is 11.6 Å². The molecular formula is C20H15ClF5NO2. The summed E-state index contributed by atoms with van der Waals surface area (Å²) in [4.78, 5) is 11.7. The molecule has 0 N–H and O–H groups in total. The lowest BCUT2D eigenvalue weighted by atomic mass is 10.0. The van der Waals surface area contributed by atoms with Crippen LogP contribution in [0.3, 0.4) is 0 Å². The Hall–Kier alpha value is -2.61. The summed E-state index contributed by atoms with van der Waals surface area (Å²) < 4.78 is 73.5. The molecule has 0 bridgehead atoms. The van der Waals surface area contributed by atoms with Crippen molar-refractivity contribution in [1.29, 1.82) is 0 Å². The molecule has 0 radical (unpaired) electrons. The third-order valence-electron chi connectivity index (χ3n) is 4.54. The number of fused-ring (bicyclic) bond motifs is 1. The van der Waals surface area contributed by atoms with E-state index in [0.29, 0.717) is 11.1 Å². The molecule has 9 heteroatoms. The van der Waals surface area contributed by atoms with Gasteiger partial charge >= 0.3 is 12.1 Å². The Morgan fingerprint density at radius 1 is 1.17 bits per heavy atom. The third-order valence-corrected chi connectivity index (χ3v) is 4.77. The highest BCUT2D eigenvalue weighted by molar-refractivity contribution is 6.30. The number of methoxy groups -OCH3 is 1. The standard InChI is InChI=1S/C20H15ClF5NO2/c1-29-19(28)15-8-12-7-14(27(5-4-22)18(12)10-17(15)23)6-11-2-3-13(21)9-16(11)20(24,25)26/h2-3,7-10H,4-6H2,1H3. The number of carbonyl (C=O) groups excluding carboxylic acids is 1. The van der Waals surface area contributed by atoms with Crippen LogP contribution in [0.4, 0.5) is 22.0 Å². The van der Waals surface area contributed by atoms with Gasteiger partial charge in [0.25, 0.3) is 0 Å². The fourth-order valence-electron chi connectivity index (χ4n) is 3.26. The minimum absolute atomic E-state index is 0.0570. The van der Waals surface area contributed by atoms with E-state index < -0.39 is 30.2 Å². The predicted octanol–water partition coefficient (Wildman–Crippen LogP) is 5.80. The number of esters is 1. The van der Waals surface area contributed by atoms with E-state index in [2.05, 4.69) is 4.74 Å². The van der Waals surface area contributed by atoms with Crippen LogP contribution in [-0.4, -0.2) is 24.3 Å². The summed E-state index contributed by atoms with van der Waals surface area (Å²) in [5, 5.41) is 0.327. The van der Waals surface area contributed by atoms with E-state index in [-0.39, 0.29) is 34.6 Å². The van der Waals surface area contributed by atoms with Crippen molar-refractivity contribution in [2.75, 3.05) is 13.8 Å². The number of benzene rings is 2. The van der Waals surface area contributed by atoms with Gasteiger partial charge in [-0.2, -0.15) is 13.2 Å². The quantitative estimate of drug-likeness (QED) is 0.377. The van der Waals surface area contributed by atoms with Crippen LogP contribution in [0.25, 0.3) is 10.9 Å². The maximum Gasteiger partial charge on any atom is 0.416 e. The van der Waals surface area contributed by atoms with Gasteiger partial charge in [0.05, 0.1) is 30.3 Å². The van der Waals surface area contributed by atoms with Gasteiger partial charge in [-0.25, -0.2) is 13.6 Å². The molecule has 0 spiro atoms. The number of hydrogen-bond donors (Lipinski definition) is 0. The smallest absolute Gasteiger partial charge is 0.416 e. The number of nitrogens with zero attached hydrogens (tertiary/aromatic N) is 1. The Morgan fingerprint density at radius 3 is 2.52 bits per heavy atom. The zero-order valence-corrected chi connectivity index (χ0v) is 15.9. The van der Waals surface area contributed by atoms with Crippen LogP contribution in [0.2, 0.25) is 5.02 Å². The van der Waals surface area contributed by atoms with Crippen molar-refractivity contribution in [3.63, 3.8) is 0 Å². The van der Waals surface area contributed by atoms with Crippen molar-refractivity contribution >= 4 is 28.5 Å². The first kappa shape index (κ1) is 21.1. The van der Waals surface area contributed by atoms with Gasteiger partial charge in [-0.1, -0.05) is 17.7 Å². The molecule has 0 aliphatic rings. The lowest BCUT2D eigenvalue weighted by Crippen LogP contribution is -2.12. The molecule has 3 rings (SSSR count). The first-order chi connectivity index (χ1) is 13.7. The van der Waals surface area contributed by atoms with Gasteiger partial charge in [-0.3, -0.25) is 0 Å². The summed E-state index contributed by atoms with van der Waals surface area (Å²) in [7, 11) is 1.10. The summed E-state index contributed by atoms with van der Waals surface area (Å²) in [6.07, 6.45) is -4.81. The highest BCUT2D eigenvalue weighted by Gasteiger charge is 2.33. The molecule has 3 aromatic rings. The van der Waals surface area contributed by atoms with Crippen molar-refractivity contribution in [2.24, 2.45) is 0 Å².